The molecule has 0 fully saturated rings. The molecule has 0 spiro atoms. The number of nitrogens with zero attached hydrogens (tertiary/aromatic N) is 1. The largest absolute Gasteiger partial charge is 0.484 e. The summed E-state index contributed by atoms with van der Waals surface area (Å²) in [5.74, 6) is -0.447. The Morgan fingerprint density at radius 2 is 1.78 bits per heavy atom. The summed E-state index contributed by atoms with van der Waals surface area (Å²) in [5.41, 5.74) is 2.67. The van der Waals surface area contributed by atoms with Gasteiger partial charge in [0, 0.05) is 5.69 Å². The van der Waals surface area contributed by atoms with E-state index < -0.39 is 5.91 Å². The lowest BCUT2D eigenvalue weighted by Crippen LogP contribution is -2.20. The van der Waals surface area contributed by atoms with Crippen molar-refractivity contribution in [2.24, 2.45) is 0 Å². The molecular formula is C25H20ClN3O3. The van der Waals surface area contributed by atoms with Crippen LogP contribution in [0.4, 0.5) is 11.4 Å². The number of amides is 2. The van der Waals surface area contributed by atoms with Crippen molar-refractivity contribution >= 4 is 40.9 Å². The second-order valence-corrected chi connectivity index (χ2v) is 7.29. The Morgan fingerprint density at radius 3 is 2.50 bits per heavy atom. The van der Waals surface area contributed by atoms with Gasteiger partial charge in [0.2, 0.25) is 0 Å². The number of nitrogens with one attached hydrogen (secondary N) is 2. The third kappa shape index (κ3) is 6.46. The Balaban J connectivity index is 1.63. The zero-order chi connectivity index (χ0) is 22.9. The molecule has 0 unspecified atom stereocenters. The van der Waals surface area contributed by atoms with E-state index in [1.165, 1.54) is 6.08 Å². The molecule has 3 rings (SSSR count). The summed E-state index contributed by atoms with van der Waals surface area (Å²) in [4.78, 5) is 24.6. The predicted octanol–water partition coefficient (Wildman–Crippen LogP) is 5.21. The molecule has 0 aliphatic carbocycles. The Kier molecular flexibility index (Phi) is 7.63. The maximum absolute atomic E-state index is 12.5. The van der Waals surface area contributed by atoms with Crippen molar-refractivity contribution < 1.29 is 14.3 Å². The number of aryl methyl sites for hydroxylation is 1. The number of hydrogen-bond acceptors (Lipinski definition) is 4. The number of para-hydroxylation sites is 1. The van der Waals surface area contributed by atoms with E-state index in [0.717, 1.165) is 5.56 Å². The highest BCUT2D eigenvalue weighted by atomic mass is 35.5. The number of hydrogen-bond donors (Lipinski definition) is 2. The van der Waals surface area contributed by atoms with Crippen molar-refractivity contribution in [3.05, 3.63) is 94.5 Å². The summed E-state index contributed by atoms with van der Waals surface area (Å²) < 4.78 is 5.55. The zero-order valence-electron chi connectivity index (χ0n) is 17.3. The standard InChI is InChI=1S/C25H20ClN3O3/c1-17-9-11-20(12-10-17)28-24(30)16-32-21-6-4-5-18(14-21)13-19(15-27)25(31)29-23-8-3-2-7-22(23)26/h2-14H,16H2,1H3,(H,28,30)(H,29,31)/b19-13-. The van der Waals surface area contributed by atoms with E-state index in [4.69, 9.17) is 16.3 Å². The van der Waals surface area contributed by atoms with Gasteiger partial charge in [-0.2, -0.15) is 5.26 Å². The second-order valence-electron chi connectivity index (χ2n) is 6.88. The van der Waals surface area contributed by atoms with Gasteiger partial charge in [-0.1, -0.05) is 53.6 Å². The lowest BCUT2D eigenvalue weighted by molar-refractivity contribution is -0.118. The smallest absolute Gasteiger partial charge is 0.266 e. The molecular weight excluding hydrogens is 426 g/mol. The highest BCUT2D eigenvalue weighted by Crippen LogP contribution is 2.22. The van der Waals surface area contributed by atoms with Crippen LogP contribution in [0.5, 0.6) is 5.75 Å². The van der Waals surface area contributed by atoms with Gasteiger partial charge in [-0.3, -0.25) is 9.59 Å². The first-order valence-electron chi connectivity index (χ1n) is 9.71. The van der Waals surface area contributed by atoms with Crippen LogP contribution in [0.15, 0.2) is 78.4 Å². The molecule has 0 bridgehead atoms. The van der Waals surface area contributed by atoms with E-state index in [1.54, 1.807) is 48.5 Å². The molecule has 0 aliphatic rings. The van der Waals surface area contributed by atoms with E-state index in [1.807, 2.05) is 37.3 Å². The quantitative estimate of drug-likeness (QED) is 0.385. The first-order chi connectivity index (χ1) is 15.4. The molecule has 2 N–H and O–H groups in total. The number of rotatable bonds is 7. The summed E-state index contributed by atoms with van der Waals surface area (Å²) in [6, 6.07) is 22.8. The topological polar surface area (TPSA) is 91.2 Å². The first-order valence-corrected chi connectivity index (χ1v) is 10.1. The van der Waals surface area contributed by atoms with Gasteiger partial charge < -0.3 is 15.4 Å². The van der Waals surface area contributed by atoms with Crippen molar-refractivity contribution in [1.82, 2.24) is 0 Å². The maximum atomic E-state index is 12.5. The predicted molar refractivity (Wildman–Crippen MR) is 125 cm³/mol. The molecule has 3 aromatic carbocycles. The van der Waals surface area contributed by atoms with Crippen LogP contribution in [0.25, 0.3) is 6.08 Å². The summed E-state index contributed by atoms with van der Waals surface area (Å²) in [5, 5.41) is 15.2. The molecule has 0 saturated heterocycles. The van der Waals surface area contributed by atoms with Crippen LogP contribution >= 0.6 is 11.6 Å². The van der Waals surface area contributed by atoms with Crippen LogP contribution in [0.1, 0.15) is 11.1 Å². The maximum Gasteiger partial charge on any atom is 0.266 e. The fraction of sp³-hybridized carbons (Fsp3) is 0.0800. The minimum Gasteiger partial charge on any atom is -0.484 e. The highest BCUT2D eigenvalue weighted by Gasteiger charge is 2.11. The van der Waals surface area contributed by atoms with E-state index in [9.17, 15) is 14.9 Å². The van der Waals surface area contributed by atoms with Gasteiger partial charge in [-0.25, -0.2) is 0 Å². The summed E-state index contributed by atoms with van der Waals surface area (Å²) in [6.07, 6.45) is 1.44. The number of anilines is 2. The van der Waals surface area contributed by atoms with Gasteiger partial charge in [-0.15, -0.1) is 0 Å². The second kappa shape index (κ2) is 10.8. The van der Waals surface area contributed by atoms with Crippen LogP contribution in [0.2, 0.25) is 5.02 Å². The molecule has 2 amide bonds. The highest BCUT2D eigenvalue weighted by molar-refractivity contribution is 6.34. The van der Waals surface area contributed by atoms with Crippen LogP contribution in [-0.4, -0.2) is 18.4 Å². The van der Waals surface area contributed by atoms with Crippen molar-refractivity contribution in [1.29, 1.82) is 5.26 Å². The molecule has 0 radical (unpaired) electrons. The lowest BCUT2D eigenvalue weighted by Gasteiger charge is -2.09. The van der Waals surface area contributed by atoms with Crippen molar-refractivity contribution in [2.75, 3.05) is 17.2 Å². The third-order valence-electron chi connectivity index (χ3n) is 4.36. The molecule has 6 nitrogen and oxygen atoms in total. The Morgan fingerprint density at radius 1 is 1.03 bits per heavy atom. The van der Waals surface area contributed by atoms with Crippen molar-refractivity contribution in [3.8, 4) is 11.8 Å². The van der Waals surface area contributed by atoms with Crippen LogP contribution < -0.4 is 15.4 Å². The first kappa shape index (κ1) is 22.6. The molecule has 0 aromatic heterocycles. The van der Waals surface area contributed by atoms with E-state index in [0.29, 0.717) is 27.7 Å². The molecule has 0 atom stereocenters. The van der Waals surface area contributed by atoms with Gasteiger partial charge in [0.15, 0.2) is 6.61 Å². The average Bonchev–Trinajstić information content (AvgIpc) is 2.79. The lowest BCUT2D eigenvalue weighted by atomic mass is 10.1. The Labute approximate surface area is 191 Å². The number of nitriles is 1. The van der Waals surface area contributed by atoms with Gasteiger partial charge in [0.1, 0.15) is 17.4 Å². The van der Waals surface area contributed by atoms with Gasteiger partial charge in [0.25, 0.3) is 11.8 Å². The number of ether oxygens (including phenoxy) is 1. The zero-order valence-corrected chi connectivity index (χ0v) is 18.0. The van der Waals surface area contributed by atoms with E-state index >= 15 is 0 Å². The van der Waals surface area contributed by atoms with Gasteiger partial charge >= 0.3 is 0 Å². The number of benzene rings is 3. The van der Waals surface area contributed by atoms with Crippen molar-refractivity contribution in [2.45, 2.75) is 6.92 Å². The fourth-order valence-electron chi connectivity index (χ4n) is 2.74. The number of carbonyl (C=O) groups is 2. The summed E-state index contributed by atoms with van der Waals surface area (Å²) in [6.45, 7) is 1.79. The molecule has 3 aromatic rings. The summed E-state index contributed by atoms with van der Waals surface area (Å²) in [7, 11) is 0. The third-order valence-corrected chi connectivity index (χ3v) is 4.69. The molecule has 160 valence electrons. The molecule has 0 aliphatic heterocycles. The Hall–Kier alpha value is -4.08. The van der Waals surface area contributed by atoms with Crippen LogP contribution in [0, 0.1) is 18.3 Å². The Bertz CT molecular complexity index is 1200. The minimum absolute atomic E-state index is 0.0980. The molecule has 0 heterocycles. The van der Waals surface area contributed by atoms with Gasteiger partial charge in [0.05, 0.1) is 10.7 Å². The normalized spacial score (nSPS) is 10.7. The number of halogens is 1. The molecule has 0 saturated carbocycles. The van der Waals surface area contributed by atoms with E-state index in [2.05, 4.69) is 10.6 Å². The van der Waals surface area contributed by atoms with Crippen LogP contribution in [0.3, 0.4) is 0 Å². The fourth-order valence-corrected chi connectivity index (χ4v) is 2.93. The molecule has 32 heavy (non-hydrogen) atoms. The molecule has 7 heteroatoms. The number of carbonyl (C=O) groups excluding carboxylic acids is 2. The SMILES string of the molecule is Cc1ccc(NC(=O)COc2cccc(/C=C(/C#N)C(=O)Nc3ccccc3Cl)c2)cc1. The minimum atomic E-state index is -0.579. The van der Waals surface area contributed by atoms with E-state index in [-0.39, 0.29) is 18.1 Å². The summed E-state index contributed by atoms with van der Waals surface area (Å²) >= 11 is 6.05. The monoisotopic (exact) mass is 445 g/mol. The van der Waals surface area contributed by atoms with Gasteiger partial charge in [-0.05, 0) is 55.0 Å². The van der Waals surface area contributed by atoms with Crippen LogP contribution in [-0.2, 0) is 9.59 Å². The average molecular weight is 446 g/mol. The van der Waals surface area contributed by atoms with Crippen molar-refractivity contribution in [3.63, 3.8) is 0 Å².